The highest BCUT2D eigenvalue weighted by molar-refractivity contribution is 6.33. The van der Waals surface area contributed by atoms with Gasteiger partial charge in [0.25, 0.3) is 11.8 Å². The lowest BCUT2D eigenvalue weighted by molar-refractivity contribution is -0.164. The number of ether oxygens (including phenoxy) is 1. The van der Waals surface area contributed by atoms with Gasteiger partial charge < -0.3 is 24.8 Å². The minimum absolute atomic E-state index is 0.135. The van der Waals surface area contributed by atoms with Gasteiger partial charge in [0.05, 0.1) is 17.2 Å². The summed E-state index contributed by atoms with van der Waals surface area (Å²) in [4.78, 5) is 68.1. The number of imide groups is 1. The van der Waals surface area contributed by atoms with Gasteiger partial charge >= 0.3 is 0 Å². The molecule has 6 aliphatic heterocycles. The third kappa shape index (κ3) is 6.97. The Morgan fingerprint density at radius 1 is 0.983 bits per heavy atom. The Morgan fingerprint density at radius 3 is 2.39 bits per heavy atom. The highest BCUT2D eigenvalue weighted by Gasteiger charge is 2.64. The number of fused-ring (bicyclic) bond motifs is 3. The van der Waals surface area contributed by atoms with Crippen molar-refractivity contribution in [2.45, 2.75) is 96.6 Å². The first-order chi connectivity index (χ1) is 28.2. The van der Waals surface area contributed by atoms with Crippen LogP contribution in [0.4, 0.5) is 17.2 Å². The summed E-state index contributed by atoms with van der Waals surface area (Å²) in [7, 11) is 0. The van der Waals surface area contributed by atoms with Crippen LogP contribution in [0.3, 0.4) is 0 Å². The van der Waals surface area contributed by atoms with E-state index in [9.17, 15) is 19.2 Å². The number of aromatic nitrogens is 1. The molecular formula is C45H51ClN8O5. The van der Waals surface area contributed by atoms with Gasteiger partial charge in [-0.05, 0) is 79.6 Å². The second-order valence-corrected chi connectivity index (χ2v) is 18.9. The van der Waals surface area contributed by atoms with Gasteiger partial charge in [-0.3, -0.25) is 29.4 Å². The van der Waals surface area contributed by atoms with Crippen LogP contribution in [0.1, 0.15) is 86.1 Å². The number of amides is 4. The zero-order valence-electron chi connectivity index (χ0n) is 34.0. The Balaban J connectivity index is 0.739. The van der Waals surface area contributed by atoms with Crippen molar-refractivity contribution in [1.82, 2.24) is 25.4 Å². The first kappa shape index (κ1) is 39.3. The topological polar surface area (TPSA) is 132 Å². The number of carbonyl (C=O) groups is 4. The molecule has 4 amide bonds. The van der Waals surface area contributed by atoms with Crippen LogP contribution in [-0.2, 0) is 16.1 Å². The maximum atomic E-state index is 13.5. The number of anilines is 2. The van der Waals surface area contributed by atoms with Crippen LogP contribution in [0, 0.1) is 23.3 Å². The third-order valence-electron chi connectivity index (χ3n) is 14.0. The van der Waals surface area contributed by atoms with Crippen LogP contribution in [0.5, 0.6) is 5.75 Å². The quantitative estimate of drug-likeness (QED) is 0.202. The van der Waals surface area contributed by atoms with E-state index < -0.39 is 6.04 Å². The number of piperazine rings is 1. The summed E-state index contributed by atoms with van der Waals surface area (Å²) in [6.45, 7) is 20.9. The molecule has 308 valence electrons. The Bertz CT molecular complexity index is 2220. The van der Waals surface area contributed by atoms with Crippen LogP contribution >= 0.6 is 11.6 Å². The summed E-state index contributed by atoms with van der Waals surface area (Å²) in [5, 5.41) is 6.01. The number of halogens is 1. The van der Waals surface area contributed by atoms with Crippen LogP contribution in [0.15, 0.2) is 54.7 Å². The number of pyridine rings is 1. The first-order valence-corrected chi connectivity index (χ1v) is 21.2. The number of benzene rings is 2. The molecule has 1 aliphatic carbocycles. The van der Waals surface area contributed by atoms with Crippen molar-refractivity contribution in [3.63, 3.8) is 0 Å². The fourth-order valence-corrected chi connectivity index (χ4v) is 11.3. The van der Waals surface area contributed by atoms with E-state index in [1.54, 1.807) is 29.3 Å². The number of rotatable bonds is 9. The predicted octanol–water partition coefficient (Wildman–Crippen LogP) is 5.84. The van der Waals surface area contributed by atoms with Gasteiger partial charge in [-0.15, -0.1) is 0 Å². The summed E-state index contributed by atoms with van der Waals surface area (Å²) in [5.41, 5.74) is 2.93. The number of piperidine rings is 3. The molecule has 1 saturated carbocycles. The van der Waals surface area contributed by atoms with Crippen molar-refractivity contribution in [2.75, 3.05) is 42.5 Å². The number of hydrogen-bond acceptors (Lipinski definition) is 9. The van der Waals surface area contributed by atoms with Crippen molar-refractivity contribution >= 4 is 52.4 Å². The first-order valence-electron chi connectivity index (χ1n) is 20.8. The van der Waals surface area contributed by atoms with E-state index in [1.165, 1.54) is 6.42 Å². The minimum Gasteiger partial charge on any atom is -0.489 e. The van der Waals surface area contributed by atoms with Gasteiger partial charge in [-0.25, -0.2) is 9.83 Å². The van der Waals surface area contributed by atoms with Gasteiger partial charge in [0.15, 0.2) is 0 Å². The van der Waals surface area contributed by atoms with Crippen LogP contribution in [0.2, 0.25) is 5.02 Å². The molecule has 3 aromatic rings. The molecule has 13 nitrogen and oxygen atoms in total. The highest BCUT2D eigenvalue weighted by atomic mass is 35.5. The Kier molecular flexibility index (Phi) is 9.87. The second-order valence-electron chi connectivity index (χ2n) is 18.5. The average molecular weight is 819 g/mol. The van der Waals surface area contributed by atoms with Crippen molar-refractivity contribution in [2.24, 2.45) is 16.7 Å². The van der Waals surface area contributed by atoms with E-state index in [1.807, 2.05) is 24.3 Å². The maximum Gasteiger partial charge on any atom is 0.255 e. The normalized spacial score (nSPS) is 27.3. The molecule has 59 heavy (non-hydrogen) atoms. The smallest absolute Gasteiger partial charge is 0.255 e. The van der Waals surface area contributed by atoms with E-state index in [-0.39, 0.29) is 53.0 Å². The summed E-state index contributed by atoms with van der Waals surface area (Å²) in [5.74, 6) is 1.17. The lowest BCUT2D eigenvalue weighted by Crippen LogP contribution is -2.74. The minimum atomic E-state index is -0.603. The largest absolute Gasteiger partial charge is 0.489 e. The maximum absolute atomic E-state index is 13.5. The molecule has 3 unspecified atom stereocenters. The van der Waals surface area contributed by atoms with Crippen molar-refractivity contribution in [1.29, 1.82) is 0 Å². The van der Waals surface area contributed by atoms with Gasteiger partial charge in [-0.1, -0.05) is 45.4 Å². The summed E-state index contributed by atoms with van der Waals surface area (Å²) < 4.78 is 6.39. The summed E-state index contributed by atoms with van der Waals surface area (Å²) in [6, 6.07) is 15.3. The molecule has 3 atom stereocenters. The Hall–Kier alpha value is -5.19. The average Bonchev–Trinajstić information content (AvgIpc) is 3.55. The fourth-order valence-electron chi connectivity index (χ4n) is 11.1. The van der Waals surface area contributed by atoms with Gasteiger partial charge in [-0.2, -0.15) is 0 Å². The standard InChI is InChI=1S/C45H51ClN8O5/c1-44(2)42(45(3,4)43(44)59-32-8-10-35(47-5)34(46)20-32)50-39(56)27-6-12-37(48-21-27)51-16-14-26(15-17-51)22-53-30-19-31(53)25-52(24-30)29-7-9-33-28(18-29)23-54(41(33)58)36-11-13-38(55)49-40(36)57/h6-10,12,18,20-21,26,30-31,36,42-43H,11,13-17,19,22-25H2,1-4H3,(H,50,56)(H,49,55,57). The number of carbonyl (C=O) groups excluding carboxylic acids is 4. The third-order valence-corrected chi connectivity index (χ3v) is 14.3. The molecule has 2 bridgehead atoms. The number of nitrogens with zero attached hydrogens (tertiary/aromatic N) is 6. The van der Waals surface area contributed by atoms with E-state index in [0.29, 0.717) is 58.6 Å². The van der Waals surface area contributed by atoms with Gasteiger partial charge in [0, 0.05) is 92.1 Å². The van der Waals surface area contributed by atoms with Crippen LogP contribution in [0.25, 0.3) is 4.85 Å². The van der Waals surface area contributed by atoms with Crippen molar-refractivity contribution in [3.8, 4) is 5.75 Å². The highest BCUT2D eigenvalue weighted by Crippen LogP contribution is 2.56. The van der Waals surface area contributed by atoms with Gasteiger partial charge in [0.1, 0.15) is 23.7 Å². The molecule has 5 saturated heterocycles. The summed E-state index contributed by atoms with van der Waals surface area (Å²) >= 11 is 6.27. The zero-order chi connectivity index (χ0) is 41.4. The van der Waals surface area contributed by atoms with Crippen molar-refractivity contribution < 1.29 is 23.9 Å². The molecule has 2 aromatic carbocycles. The zero-order valence-corrected chi connectivity index (χ0v) is 34.8. The monoisotopic (exact) mass is 818 g/mol. The molecule has 0 radical (unpaired) electrons. The fraction of sp³-hybridized carbons (Fsp3) is 0.511. The van der Waals surface area contributed by atoms with Crippen LogP contribution < -0.4 is 25.2 Å². The Morgan fingerprint density at radius 2 is 1.73 bits per heavy atom. The summed E-state index contributed by atoms with van der Waals surface area (Å²) in [6.07, 6.45) is 5.52. The molecule has 6 fully saturated rings. The van der Waals surface area contributed by atoms with E-state index in [4.69, 9.17) is 27.9 Å². The molecule has 7 aliphatic rings. The molecule has 0 spiro atoms. The van der Waals surface area contributed by atoms with Crippen molar-refractivity contribution in [3.05, 3.63) is 87.9 Å². The molecule has 14 heteroatoms. The molecule has 2 N–H and O–H groups in total. The predicted molar refractivity (Wildman–Crippen MR) is 224 cm³/mol. The lowest BCUT2D eigenvalue weighted by Gasteiger charge is -2.63. The Labute approximate surface area is 350 Å². The van der Waals surface area contributed by atoms with E-state index >= 15 is 0 Å². The van der Waals surface area contributed by atoms with Crippen LogP contribution in [-0.4, -0.2) is 101 Å². The molecular weight excluding hydrogens is 768 g/mol. The number of hydrogen-bond donors (Lipinski definition) is 2. The molecule has 10 rings (SSSR count). The lowest BCUT2D eigenvalue weighted by atomic mass is 9.49. The van der Waals surface area contributed by atoms with E-state index in [0.717, 1.165) is 62.6 Å². The molecule has 1 aromatic heterocycles. The molecule has 7 heterocycles. The number of nitrogens with one attached hydrogen (secondary N) is 2. The van der Waals surface area contributed by atoms with E-state index in [2.05, 4.69) is 63.9 Å². The SMILES string of the molecule is [C-]#[N+]c1ccc(OC2C(C)(C)C(NC(=O)c3ccc(N4CCC(CN5C6CC5CN(c5ccc7c(c5)CN(C5CCC(=O)NC5=O)C7=O)C6)CC4)nc3)C2(C)C)cc1Cl. The second kappa shape index (κ2) is 14.8. The van der Waals surface area contributed by atoms with Gasteiger partial charge in [0.2, 0.25) is 17.5 Å².